The minimum Gasteiger partial charge on any atom is -0.309 e. The van der Waals surface area contributed by atoms with E-state index in [1.165, 1.54) is 0 Å². The van der Waals surface area contributed by atoms with Crippen molar-refractivity contribution in [2.24, 2.45) is 17.8 Å². The molecule has 0 aromatic rings. The van der Waals surface area contributed by atoms with Gasteiger partial charge in [0.1, 0.15) is 0 Å². The first-order chi connectivity index (χ1) is 4.95. The van der Waals surface area contributed by atoms with Crippen LogP contribution in [0.15, 0.2) is 0 Å². The van der Waals surface area contributed by atoms with Crippen LogP contribution in [-0.4, -0.2) is 5.71 Å². The second-order valence-corrected chi connectivity index (χ2v) is 4.11. The smallest absolute Gasteiger partial charge is 0.0117 e. The molecule has 0 aliphatic heterocycles. The van der Waals surface area contributed by atoms with E-state index >= 15 is 0 Å². The van der Waals surface area contributed by atoms with Gasteiger partial charge in [0.15, 0.2) is 0 Å². The van der Waals surface area contributed by atoms with Crippen molar-refractivity contribution in [1.29, 1.82) is 5.41 Å². The molecule has 1 heteroatoms. The van der Waals surface area contributed by atoms with Crippen LogP contribution in [0.25, 0.3) is 0 Å². The Morgan fingerprint density at radius 1 is 1.09 bits per heavy atom. The zero-order chi connectivity index (χ0) is 9.02. The summed E-state index contributed by atoms with van der Waals surface area (Å²) in [7, 11) is 0. The largest absolute Gasteiger partial charge is 0.309 e. The maximum Gasteiger partial charge on any atom is 0.0117 e. The highest BCUT2D eigenvalue weighted by Gasteiger charge is 2.11. The molecule has 0 radical (unpaired) electrons. The molecule has 0 fully saturated rings. The number of hydrogen-bond donors (Lipinski definition) is 1. The Bertz CT molecular complexity index is 125. The van der Waals surface area contributed by atoms with Gasteiger partial charge in [0.05, 0.1) is 0 Å². The molecule has 0 saturated heterocycles. The summed E-state index contributed by atoms with van der Waals surface area (Å²) in [6.07, 6.45) is 0.968. The quantitative estimate of drug-likeness (QED) is 0.602. The number of rotatable bonds is 4. The van der Waals surface area contributed by atoms with Crippen LogP contribution in [0.4, 0.5) is 0 Å². The van der Waals surface area contributed by atoms with Gasteiger partial charge in [0, 0.05) is 5.71 Å². The van der Waals surface area contributed by atoms with Gasteiger partial charge >= 0.3 is 0 Å². The zero-order valence-corrected chi connectivity index (χ0v) is 8.44. The number of nitrogens with one attached hydrogen (secondary N) is 1. The van der Waals surface area contributed by atoms with Crippen LogP contribution in [-0.2, 0) is 0 Å². The van der Waals surface area contributed by atoms with Gasteiger partial charge in [-0.25, -0.2) is 0 Å². The van der Waals surface area contributed by atoms with E-state index in [9.17, 15) is 0 Å². The third kappa shape index (κ3) is 4.18. The molecule has 0 bridgehead atoms. The van der Waals surface area contributed by atoms with Gasteiger partial charge in [0.2, 0.25) is 0 Å². The topological polar surface area (TPSA) is 23.9 Å². The molecule has 0 saturated carbocycles. The van der Waals surface area contributed by atoms with E-state index in [0.29, 0.717) is 17.8 Å². The summed E-state index contributed by atoms with van der Waals surface area (Å²) in [5.74, 6) is 1.79. The van der Waals surface area contributed by atoms with Crippen LogP contribution >= 0.6 is 0 Å². The molecule has 0 aromatic carbocycles. The Labute approximate surface area is 70.7 Å². The molecule has 0 aliphatic carbocycles. The first-order valence-corrected chi connectivity index (χ1v) is 4.52. The molecule has 0 aliphatic rings. The van der Waals surface area contributed by atoms with Crippen LogP contribution in [0.1, 0.15) is 41.0 Å². The van der Waals surface area contributed by atoms with Crippen LogP contribution in [0, 0.1) is 23.2 Å². The van der Waals surface area contributed by atoms with E-state index in [-0.39, 0.29) is 0 Å². The van der Waals surface area contributed by atoms with Gasteiger partial charge < -0.3 is 5.41 Å². The van der Waals surface area contributed by atoms with E-state index in [2.05, 4.69) is 34.6 Å². The SMILES string of the molecule is CC(C)C(=N)C[C@@H](C)C(C)C. The van der Waals surface area contributed by atoms with Crippen LogP contribution in [0.2, 0.25) is 0 Å². The van der Waals surface area contributed by atoms with Crippen molar-refractivity contribution in [1.82, 2.24) is 0 Å². The monoisotopic (exact) mass is 155 g/mol. The van der Waals surface area contributed by atoms with Crippen molar-refractivity contribution in [3.8, 4) is 0 Å². The molecular formula is C10H21N. The van der Waals surface area contributed by atoms with Crippen molar-refractivity contribution in [3.63, 3.8) is 0 Å². The van der Waals surface area contributed by atoms with Gasteiger partial charge in [-0.2, -0.15) is 0 Å². The Kier molecular flexibility index (Phi) is 4.39. The summed E-state index contributed by atoms with van der Waals surface area (Å²) in [5, 5.41) is 7.67. The van der Waals surface area contributed by atoms with E-state index in [1.54, 1.807) is 0 Å². The molecule has 0 aromatic heterocycles. The van der Waals surface area contributed by atoms with Crippen LogP contribution < -0.4 is 0 Å². The van der Waals surface area contributed by atoms with Crippen molar-refractivity contribution in [2.75, 3.05) is 0 Å². The summed E-state index contributed by atoms with van der Waals surface area (Å²) in [5.41, 5.74) is 0.895. The van der Waals surface area contributed by atoms with Crippen molar-refractivity contribution >= 4 is 5.71 Å². The molecule has 0 rings (SSSR count). The predicted molar refractivity (Wildman–Crippen MR) is 51.2 cm³/mol. The highest BCUT2D eigenvalue weighted by Crippen LogP contribution is 2.16. The average Bonchev–Trinajstić information content (AvgIpc) is 1.87. The molecule has 66 valence electrons. The lowest BCUT2D eigenvalue weighted by molar-refractivity contribution is 0.428. The Hall–Kier alpha value is -0.330. The van der Waals surface area contributed by atoms with E-state index < -0.39 is 0 Å². The minimum atomic E-state index is 0.427. The van der Waals surface area contributed by atoms with Crippen LogP contribution in [0.3, 0.4) is 0 Å². The predicted octanol–water partition coefficient (Wildman–Crippen LogP) is 3.34. The molecule has 1 nitrogen and oxygen atoms in total. The Balaban J connectivity index is 3.76. The standard InChI is InChI=1S/C10H21N/c1-7(2)9(5)6-10(11)8(3)4/h7-9,11H,6H2,1-5H3/t9-/m1/s1. The van der Waals surface area contributed by atoms with Gasteiger partial charge in [0.25, 0.3) is 0 Å². The third-order valence-electron chi connectivity index (χ3n) is 2.38. The molecule has 1 N–H and O–H groups in total. The molecule has 1 atom stereocenters. The third-order valence-corrected chi connectivity index (χ3v) is 2.38. The fourth-order valence-electron chi connectivity index (χ4n) is 0.818. The molecule has 0 spiro atoms. The molecule has 11 heavy (non-hydrogen) atoms. The van der Waals surface area contributed by atoms with Gasteiger partial charge in [-0.15, -0.1) is 0 Å². The normalized spacial score (nSPS) is 14.1. The van der Waals surface area contributed by atoms with E-state index in [0.717, 1.165) is 12.1 Å². The molecule has 0 amide bonds. The maximum absolute atomic E-state index is 7.67. The van der Waals surface area contributed by atoms with E-state index in [1.807, 2.05) is 0 Å². The lowest BCUT2D eigenvalue weighted by Crippen LogP contribution is -2.14. The highest BCUT2D eigenvalue weighted by atomic mass is 14.4. The zero-order valence-electron chi connectivity index (χ0n) is 8.44. The summed E-state index contributed by atoms with van der Waals surface area (Å²) in [4.78, 5) is 0. The fraction of sp³-hybridized carbons (Fsp3) is 0.900. The van der Waals surface area contributed by atoms with E-state index in [4.69, 9.17) is 5.41 Å². The second kappa shape index (κ2) is 4.53. The Morgan fingerprint density at radius 2 is 1.55 bits per heavy atom. The highest BCUT2D eigenvalue weighted by molar-refractivity contribution is 5.83. The summed E-state index contributed by atoms with van der Waals surface area (Å²) >= 11 is 0. The summed E-state index contributed by atoms with van der Waals surface area (Å²) in [6.45, 7) is 10.9. The first-order valence-electron chi connectivity index (χ1n) is 4.52. The number of hydrogen-bond acceptors (Lipinski definition) is 1. The molecular weight excluding hydrogens is 134 g/mol. The fourth-order valence-corrected chi connectivity index (χ4v) is 0.818. The lowest BCUT2D eigenvalue weighted by atomic mass is 9.89. The van der Waals surface area contributed by atoms with Crippen molar-refractivity contribution in [2.45, 2.75) is 41.0 Å². The van der Waals surface area contributed by atoms with Gasteiger partial charge in [-0.05, 0) is 24.2 Å². The van der Waals surface area contributed by atoms with Gasteiger partial charge in [-0.1, -0.05) is 34.6 Å². The first kappa shape index (κ1) is 10.7. The van der Waals surface area contributed by atoms with Crippen molar-refractivity contribution < 1.29 is 0 Å². The van der Waals surface area contributed by atoms with Crippen LogP contribution in [0.5, 0.6) is 0 Å². The van der Waals surface area contributed by atoms with Gasteiger partial charge in [-0.3, -0.25) is 0 Å². The maximum atomic E-state index is 7.67. The average molecular weight is 155 g/mol. The Morgan fingerprint density at radius 3 is 1.82 bits per heavy atom. The summed E-state index contributed by atoms with van der Waals surface area (Å²) in [6, 6.07) is 0. The second-order valence-electron chi connectivity index (χ2n) is 4.11. The molecule has 0 unspecified atom stereocenters. The summed E-state index contributed by atoms with van der Waals surface area (Å²) < 4.78 is 0. The lowest BCUT2D eigenvalue weighted by Gasteiger charge is -2.17. The minimum absolute atomic E-state index is 0.427. The van der Waals surface area contributed by atoms with Crippen molar-refractivity contribution in [3.05, 3.63) is 0 Å². The molecule has 0 heterocycles.